The number of nitrogens with one attached hydrogen (secondary N) is 1. The fraction of sp³-hybridized carbons (Fsp3) is 0.923. The van der Waals surface area contributed by atoms with Crippen LogP contribution < -0.4 is 5.32 Å². The molecule has 0 aromatic rings. The fourth-order valence-corrected chi connectivity index (χ4v) is 3.78. The lowest BCUT2D eigenvalue weighted by Crippen LogP contribution is -2.54. The summed E-state index contributed by atoms with van der Waals surface area (Å²) in [5.41, 5.74) is -0.670. The quantitative estimate of drug-likeness (QED) is 0.630. The van der Waals surface area contributed by atoms with Crippen molar-refractivity contribution in [3.63, 3.8) is 0 Å². The van der Waals surface area contributed by atoms with Crippen molar-refractivity contribution in [2.45, 2.75) is 38.1 Å². The molecule has 0 amide bonds. The predicted molar refractivity (Wildman–Crippen MR) is 75.2 cm³/mol. The van der Waals surface area contributed by atoms with Crippen LogP contribution in [-0.2, 0) is 9.53 Å². The number of methoxy groups -OCH3 is 1. The van der Waals surface area contributed by atoms with E-state index in [1.165, 1.54) is 0 Å². The molecule has 18 heavy (non-hydrogen) atoms. The molecule has 1 fully saturated rings. The van der Waals surface area contributed by atoms with Crippen molar-refractivity contribution >= 4 is 17.7 Å². The third-order valence-electron chi connectivity index (χ3n) is 3.74. The lowest BCUT2D eigenvalue weighted by Gasteiger charge is -2.32. The van der Waals surface area contributed by atoms with E-state index in [-0.39, 0.29) is 5.92 Å². The van der Waals surface area contributed by atoms with Crippen LogP contribution >= 0.6 is 11.8 Å². The smallest absolute Gasteiger partial charge is 0.324 e. The monoisotopic (exact) mass is 275 g/mol. The Kier molecular flexibility index (Phi) is 7.04. The SMILES string of the molecule is CCNC1(C(=O)O)CCCC1CCSCCOC. The Labute approximate surface area is 114 Å². The highest BCUT2D eigenvalue weighted by Gasteiger charge is 2.47. The van der Waals surface area contributed by atoms with Gasteiger partial charge in [-0.25, -0.2) is 0 Å². The minimum Gasteiger partial charge on any atom is -0.480 e. The molecule has 1 aliphatic carbocycles. The largest absolute Gasteiger partial charge is 0.480 e. The minimum absolute atomic E-state index is 0.269. The summed E-state index contributed by atoms with van der Waals surface area (Å²) >= 11 is 1.85. The summed E-state index contributed by atoms with van der Waals surface area (Å²) in [6.45, 7) is 3.47. The minimum atomic E-state index is -0.672. The van der Waals surface area contributed by atoms with E-state index in [9.17, 15) is 9.90 Å². The van der Waals surface area contributed by atoms with Gasteiger partial charge in [-0.3, -0.25) is 4.79 Å². The maximum absolute atomic E-state index is 11.6. The van der Waals surface area contributed by atoms with Gasteiger partial charge >= 0.3 is 5.97 Å². The van der Waals surface area contributed by atoms with E-state index in [2.05, 4.69) is 5.32 Å². The topological polar surface area (TPSA) is 58.6 Å². The van der Waals surface area contributed by atoms with Crippen molar-refractivity contribution in [3.05, 3.63) is 0 Å². The number of hydrogen-bond acceptors (Lipinski definition) is 4. The highest BCUT2D eigenvalue weighted by molar-refractivity contribution is 7.99. The van der Waals surface area contributed by atoms with E-state index in [4.69, 9.17) is 4.74 Å². The van der Waals surface area contributed by atoms with Gasteiger partial charge in [0.2, 0.25) is 0 Å². The molecule has 0 aliphatic heterocycles. The second-order valence-electron chi connectivity index (χ2n) is 4.79. The van der Waals surface area contributed by atoms with Gasteiger partial charge in [0, 0.05) is 12.9 Å². The molecular weight excluding hydrogens is 250 g/mol. The molecule has 2 N–H and O–H groups in total. The number of thioether (sulfide) groups is 1. The van der Waals surface area contributed by atoms with Crippen LogP contribution in [0.25, 0.3) is 0 Å². The Morgan fingerprint density at radius 3 is 2.94 bits per heavy atom. The molecule has 0 saturated heterocycles. The van der Waals surface area contributed by atoms with Gasteiger partial charge in [0.1, 0.15) is 5.54 Å². The zero-order valence-corrected chi connectivity index (χ0v) is 12.2. The first kappa shape index (κ1) is 15.8. The molecule has 106 valence electrons. The normalized spacial score (nSPS) is 27.6. The van der Waals surface area contributed by atoms with Crippen molar-refractivity contribution in [3.8, 4) is 0 Å². The second kappa shape index (κ2) is 8.02. The zero-order chi connectivity index (χ0) is 13.4. The van der Waals surface area contributed by atoms with Gasteiger partial charge in [0.25, 0.3) is 0 Å². The fourth-order valence-electron chi connectivity index (χ4n) is 2.84. The van der Waals surface area contributed by atoms with Crippen LogP contribution in [0.1, 0.15) is 32.6 Å². The third-order valence-corrected chi connectivity index (χ3v) is 4.72. The number of likely N-dealkylation sites (N-methyl/N-ethyl adjacent to an activating group) is 1. The third kappa shape index (κ3) is 3.87. The number of aliphatic carboxylic acids is 1. The average Bonchev–Trinajstić information content (AvgIpc) is 2.74. The van der Waals surface area contributed by atoms with E-state index in [0.29, 0.717) is 0 Å². The van der Waals surface area contributed by atoms with Crippen LogP contribution in [0.15, 0.2) is 0 Å². The van der Waals surface area contributed by atoms with Crippen molar-refractivity contribution in [2.75, 3.05) is 31.8 Å². The molecule has 1 rings (SSSR count). The van der Waals surface area contributed by atoms with Crippen LogP contribution in [0.3, 0.4) is 0 Å². The van der Waals surface area contributed by atoms with Crippen LogP contribution in [0.2, 0.25) is 0 Å². The molecule has 0 aromatic carbocycles. The van der Waals surface area contributed by atoms with Crippen molar-refractivity contribution in [1.29, 1.82) is 0 Å². The first-order valence-corrected chi connectivity index (χ1v) is 7.88. The molecule has 0 aromatic heterocycles. The van der Waals surface area contributed by atoms with Crippen LogP contribution in [0.5, 0.6) is 0 Å². The summed E-state index contributed by atoms with van der Waals surface area (Å²) in [7, 11) is 1.71. The number of carboxylic acids is 1. The molecule has 0 bridgehead atoms. The first-order valence-electron chi connectivity index (χ1n) is 6.72. The molecular formula is C13H25NO3S. The maximum atomic E-state index is 11.6. The van der Waals surface area contributed by atoms with Gasteiger partial charge in [-0.15, -0.1) is 0 Å². The van der Waals surface area contributed by atoms with Gasteiger partial charge in [0.15, 0.2) is 0 Å². The maximum Gasteiger partial charge on any atom is 0.324 e. The van der Waals surface area contributed by atoms with Crippen LogP contribution in [-0.4, -0.2) is 48.4 Å². The summed E-state index contributed by atoms with van der Waals surface area (Å²) in [5, 5.41) is 12.7. The molecule has 5 heteroatoms. The van der Waals surface area contributed by atoms with Gasteiger partial charge < -0.3 is 15.2 Å². The predicted octanol–water partition coefficient (Wildman–Crippen LogP) is 1.99. The van der Waals surface area contributed by atoms with E-state index in [0.717, 1.165) is 50.3 Å². The number of ether oxygens (including phenoxy) is 1. The standard InChI is InChI=1S/C13H25NO3S/c1-3-14-13(12(15)16)7-4-5-11(13)6-9-18-10-8-17-2/h11,14H,3-10H2,1-2H3,(H,15,16). The first-order chi connectivity index (χ1) is 8.67. The highest BCUT2D eigenvalue weighted by Crippen LogP contribution is 2.38. The van der Waals surface area contributed by atoms with Gasteiger partial charge in [-0.1, -0.05) is 13.3 Å². The summed E-state index contributed by atoms with van der Waals surface area (Å²) in [4.78, 5) is 11.6. The molecule has 2 unspecified atom stereocenters. The highest BCUT2D eigenvalue weighted by atomic mass is 32.2. The van der Waals surface area contributed by atoms with Crippen molar-refractivity contribution in [2.24, 2.45) is 5.92 Å². The summed E-state index contributed by atoms with van der Waals surface area (Å²) in [5.74, 6) is 1.61. The molecule has 2 atom stereocenters. The lowest BCUT2D eigenvalue weighted by atomic mass is 9.85. The van der Waals surface area contributed by atoms with Crippen molar-refractivity contribution in [1.82, 2.24) is 5.32 Å². The summed E-state index contributed by atoms with van der Waals surface area (Å²) in [6.07, 6.45) is 3.80. The summed E-state index contributed by atoms with van der Waals surface area (Å²) in [6, 6.07) is 0. The van der Waals surface area contributed by atoms with Crippen LogP contribution in [0, 0.1) is 5.92 Å². The number of hydrogen-bond donors (Lipinski definition) is 2. The summed E-state index contributed by atoms with van der Waals surface area (Å²) < 4.78 is 5.00. The Hall–Kier alpha value is -0.260. The van der Waals surface area contributed by atoms with E-state index >= 15 is 0 Å². The number of carboxylic acid groups (broad SMARTS) is 1. The Morgan fingerprint density at radius 2 is 2.33 bits per heavy atom. The van der Waals surface area contributed by atoms with Gasteiger partial charge in [0.05, 0.1) is 6.61 Å². The van der Waals surface area contributed by atoms with E-state index < -0.39 is 11.5 Å². The second-order valence-corrected chi connectivity index (χ2v) is 6.01. The molecule has 4 nitrogen and oxygen atoms in total. The Bertz CT molecular complexity index is 263. The van der Waals surface area contributed by atoms with E-state index in [1.807, 2.05) is 18.7 Å². The van der Waals surface area contributed by atoms with Crippen molar-refractivity contribution < 1.29 is 14.6 Å². The number of rotatable bonds is 9. The van der Waals surface area contributed by atoms with Gasteiger partial charge in [-0.05, 0) is 37.5 Å². The van der Waals surface area contributed by atoms with E-state index in [1.54, 1.807) is 7.11 Å². The Morgan fingerprint density at radius 1 is 1.56 bits per heavy atom. The molecule has 0 spiro atoms. The molecule has 0 heterocycles. The Balaban J connectivity index is 2.44. The zero-order valence-electron chi connectivity index (χ0n) is 11.4. The molecule has 0 radical (unpaired) electrons. The molecule has 1 saturated carbocycles. The van der Waals surface area contributed by atoms with Gasteiger partial charge in [-0.2, -0.15) is 11.8 Å². The molecule has 1 aliphatic rings. The number of carbonyl (C=O) groups is 1. The van der Waals surface area contributed by atoms with Crippen LogP contribution in [0.4, 0.5) is 0 Å². The average molecular weight is 275 g/mol. The lowest BCUT2D eigenvalue weighted by molar-refractivity contribution is -0.146.